The summed E-state index contributed by atoms with van der Waals surface area (Å²) in [4.78, 5) is 18.3. The van der Waals surface area contributed by atoms with Gasteiger partial charge >= 0.3 is 0 Å². The van der Waals surface area contributed by atoms with Gasteiger partial charge in [-0.3, -0.25) is 9.78 Å². The van der Waals surface area contributed by atoms with Crippen molar-refractivity contribution >= 4 is 11.6 Å². The van der Waals surface area contributed by atoms with E-state index < -0.39 is 0 Å². The second kappa shape index (κ2) is 5.27. The van der Waals surface area contributed by atoms with Gasteiger partial charge in [0, 0.05) is 12.7 Å². The van der Waals surface area contributed by atoms with Gasteiger partial charge in [-0.1, -0.05) is 6.92 Å². The van der Waals surface area contributed by atoms with Crippen molar-refractivity contribution in [2.75, 3.05) is 18.5 Å². The number of carbonyl (C=O) groups excluding carboxylic acids is 1. The minimum Gasteiger partial charge on any atom is -0.309 e. The second-order valence-corrected chi connectivity index (χ2v) is 4.68. The van der Waals surface area contributed by atoms with Gasteiger partial charge in [0.05, 0.1) is 17.9 Å². The van der Waals surface area contributed by atoms with Crippen LogP contribution < -0.4 is 10.2 Å². The highest BCUT2D eigenvalue weighted by Crippen LogP contribution is 2.22. The van der Waals surface area contributed by atoms with E-state index in [-0.39, 0.29) is 11.9 Å². The Morgan fingerprint density at radius 1 is 1.47 bits per heavy atom. The van der Waals surface area contributed by atoms with E-state index in [0.717, 1.165) is 25.1 Å². The number of likely N-dealkylation sites (N-methyl/N-ethyl adjacent to an activating group) is 1. The molecule has 2 rings (SSSR count). The third-order valence-corrected chi connectivity index (χ3v) is 3.31. The highest BCUT2D eigenvalue weighted by atomic mass is 16.2. The van der Waals surface area contributed by atoms with Crippen LogP contribution in [0.5, 0.6) is 0 Å². The quantitative estimate of drug-likeness (QED) is 0.840. The lowest BCUT2D eigenvalue weighted by molar-refractivity contribution is -0.120. The van der Waals surface area contributed by atoms with Crippen LogP contribution in [0.3, 0.4) is 0 Å². The van der Waals surface area contributed by atoms with Crippen LogP contribution in [-0.2, 0) is 4.79 Å². The average molecular weight is 233 g/mol. The molecule has 1 aliphatic heterocycles. The van der Waals surface area contributed by atoms with Gasteiger partial charge in [0.1, 0.15) is 0 Å². The maximum absolute atomic E-state index is 12.4. The molecule has 0 saturated carbocycles. The van der Waals surface area contributed by atoms with Crippen molar-refractivity contribution in [3.63, 3.8) is 0 Å². The summed E-state index contributed by atoms with van der Waals surface area (Å²) in [7, 11) is 1.85. The van der Waals surface area contributed by atoms with E-state index in [1.165, 1.54) is 0 Å². The molecule has 92 valence electrons. The predicted molar refractivity (Wildman–Crippen MR) is 67.8 cm³/mol. The van der Waals surface area contributed by atoms with Gasteiger partial charge in [-0.25, -0.2) is 0 Å². The fourth-order valence-electron chi connectivity index (χ4n) is 2.27. The topological polar surface area (TPSA) is 45.2 Å². The molecule has 1 amide bonds. The minimum absolute atomic E-state index is 0.0693. The van der Waals surface area contributed by atoms with Crippen LogP contribution in [-0.4, -0.2) is 30.5 Å². The van der Waals surface area contributed by atoms with Crippen molar-refractivity contribution in [2.24, 2.45) is 5.92 Å². The van der Waals surface area contributed by atoms with Gasteiger partial charge in [-0.2, -0.15) is 0 Å². The molecule has 1 saturated heterocycles. The molecule has 2 unspecified atom stereocenters. The number of carbonyl (C=O) groups is 1. The Morgan fingerprint density at radius 2 is 2.29 bits per heavy atom. The molecule has 1 N–H and O–H groups in total. The molecule has 4 nitrogen and oxygen atoms in total. The van der Waals surface area contributed by atoms with Crippen molar-refractivity contribution in [3.05, 3.63) is 24.5 Å². The predicted octanol–water partition coefficient (Wildman–Crippen LogP) is 1.43. The normalized spacial score (nSPS) is 25.8. The number of nitrogens with zero attached hydrogens (tertiary/aromatic N) is 2. The van der Waals surface area contributed by atoms with Crippen molar-refractivity contribution in [3.8, 4) is 0 Å². The first-order valence-corrected chi connectivity index (χ1v) is 6.11. The van der Waals surface area contributed by atoms with Crippen molar-refractivity contribution in [1.82, 2.24) is 10.3 Å². The average Bonchev–Trinajstić information content (AvgIpc) is 2.50. The largest absolute Gasteiger partial charge is 0.309 e. The lowest BCUT2D eigenvalue weighted by Gasteiger charge is -2.25. The number of hydrogen-bond donors (Lipinski definition) is 1. The molecule has 1 fully saturated rings. The Balaban J connectivity index is 2.26. The van der Waals surface area contributed by atoms with Crippen LogP contribution in [0.4, 0.5) is 5.69 Å². The summed E-state index contributed by atoms with van der Waals surface area (Å²) in [5.74, 6) is 0.683. The maximum atomic E-state index is 12.4. The molecule has 0 radical (unpaired) electrons. The van der Waals surface area contributed by atoms with E-state index in [9.17, 15) is 4.79 Å². The fraction of sp³-hybridized carbons (Fsp3) is 0.538. The van der Waals surface area contributed by atoms with Crippen LogP contribution in [0.2, 0.25) is 0 Å². The molecule has 1 aromatic rings. The van der Waals surface area contributed by atoms with Gasteiger partial charge in [0.15, 0.2) is 0 Å². The zero-order valence-corrected chi connectivity index (χ0v) is 10.4. The Bertz CT molecular complexity index is 380. The van der Waals surface area contributed by atoms with Gasteiger partial charge < -0.3 is 10.2 Å². The molecule has 0 spiro atoms. The number of hydrogen-bond acceptors (Lipinski definition) is 3. The van der Waals surface area contributed by atoms with Gasteiger partial charge in [0.2, 0.25) is 5.91 Å². The second-order valence-electron chi connectivity index (χ2n) is 4.68. The molecule has 2 atom stereocenters. The molecular formula is C13H19N3O. The summed E-state index contributed by atoms with van der Waals surface area (Å²) in [6.07, 6.45) is 5.47. The van der Waals surface area contributed by atoms with E-state index in [1.54, 1.807) is 12.4 Å². The first-order valence-electron chi connectivity index (χ1n) is 6.11. The lowest BCUT2D eigenvalue weighted by Crippen LogP contribution is -2.44. The van der Waals surface area contributed by atoms with Crippen LogP contribution in [0.15, 0.2) is 24.5 Å². The van der Waals surface area contributed by atoms with Crippen LogP contribution in [0, 0.1) is 5.92 Å². The maximum Gasteiger partial charge on any atom is 0.244 e. The lowest BCUT2D eigenvalue weighted by atomic mass is 10.0. The zero-order valence-electron chi connectivity index (χ0n) is 10.4. The van der Waals surface area contributed by atoms with E-state index in [2.05, 4.69) is 17.2 Å². The standard InChI is InChI=1S/C13H19N3O/c1-10-5-6-12(14-2)13(17)16(9-10)11-4-3-7-15-8-11/h3-4,7-8,10,12,14H,5-6,9H2,1-2H3. The van der Waals surface area contributed by atoms with Gasteiger partial charge in [0.25, 0.3) is 0 Å². The van der Waals surface area contributed by atoms with E-state index in [0.29, 0.717) is 5.92 Å². The first kappa shape index (κ1) is 12.0. The van der Waals surface area contributed by atoms with Crippen molar-refractivity contribution < 1.29 is 4.79 Å². The molecule has 0 bridgehead atoms. The third-order valence-electron chi connectivity index (χ3n) is 3.31. The summed E-state index contributed by atoms with van der Waals surface area (Å²) < 4.78 is 0. The molecule has 0 aromatic carbocycles. The number of aromatic nitrogens is 1. The minimum atomic E-state index is -0.0693. The summed E-state index contributed by atoms with van der Waals surface area (Å²) >= 11 is 0. The summed E-state index contributed by atoms with van der Waals surface area (Å²) in [6.45, 7) is 2.97. The molecular weight excluding hydrogens is 214 g/mol. The highest BCUT2D eigenvalue weighted by molar-refractivity contribution is 5.97. The van der Waals surface area contributed by atoms with Crippen LogP contribution in [0.1, 0.15) is 19.8 Å². The molecule has 17 heavy (non-hydrogen) atoms. The van der Waals surface area contributed by atoms with E-state index in [1.807, 2.05) is 24.1 Å². The van der Waals surface area contributed by atoms with Crippen LogP contribution >= 0.6 is 0 Å². The summed E-state index contributed by atoms with van der Waals surface area (Å²) in [5.41, 5.74) is 0.895. The molecule has 1 aromatic heterocycles. The number of pyridine rings is 1. The van der Waals surface area contributed by atoms with E-state index in [4.69, 9.17) is 0 Å². The zero-order chi connectivity index (χ0) is 12.3. The number of amides is 1. The molecule has 0 aliphatic carbocycles. The molecule has 2 heterocycles. The SMILES string of the molecule is CNC1CCC(C)CN(c2cccnc2)C1=O. The first-order chi connectivity index (χ1) is 8.22. The van der Waals surface area contributed by atoms with Gasteiger partial charge in [-0.05, 0) is 37.9 Å². The Morgan fingerprint density at radius 3 is 2.94 bits per heavy atom. The van der Waals surface area contributed by atoms with E-state index >= 15 is 0 Å². The number of nitrogens with one attached hydrogen (secondary N) is 1. The number of rotatable bonds is 2. The fourth-order valence-corrected chi connectivity index (χ4v) is 2.27. The Kier molecular flexibility index (Phi) is 3.74. The summed E-state index contributed by atoms with van der Waals surface area (Å²) in [5, 5.41) is 3.10. The number of anilines is 1. The van der Waals surface area contributed by atoms with Crippen molar-refractivity contribution in [2.45, 2.75) is 25.8 Å². The molecule has 4 heteroatoms. The Hall–Kier alpha value is -1.42. The third kappa shape index (κ3) is 2.64. The highest BCUT2D eigenvalue weighted by Gasteiger charge is 2.29. The van der Waals surface area contributed by atoms with Crippen molar-refractivity contribution in [1.29, 1.82) is 0 Å². The van der Waals surface area contributed by atoms with Gasteiger partial charge in [-0.15, -0.1) is 0 Å². The smallest absolute Gasteiger partial charge is 0.244 e. The Labute approximate surface area is 102 Å². The monoisotopic (exact) mass is 233 g/mol. The molecule has 1 aliphatic rings. The summed E-state index contributed by atoms with van der Waals surface area (Å²) in [6, 6.07) is 3.74. The van der Waals surface area contributed by atoms with Crippen LogP contribution in [0.25, 0.3) is 0 Å².